The fourth-order valence-corrected chi connectivity index (χ4v) is 3.66. The quantitative estimate of drug-likeness (QED) is 0.841. The molecule has 2 aromatic carbocycles. The average Bonchev–Trinajstić information content (AvgIpc) is 2.68. The molecular formula is C22H29N3O. The van der Waals surface area contributed by atoms with E-state index in [1.165, 1.54) is 11.3 Å². The lowest BCUT2D eigenvalue weighted by Gasteiger charge is -2.36. The molecule has 138 valence electrons. The number of rotatable bonds is 6. The predicted molar refractivity (Wildman–Crippen MR) is 107 cm³/mol. The molecule has 4 heteroatoms. The molecule has 4 nitrogen and oxygen atoms in total. The summed E-state index contributed by atoms with van der Waals surface area (Å²) in [4.78, 5) is 15.2. The lowest BCUT2D eigenvalue weighted by Crippen LogP contribution is -2.48. The molecule has 0 bridgehead atoms. The first-order valence-electron chi connectivity index (χ1n) is 9.38. The second-order valence-electron chi connectivity index (χ2n) is 7.44. The molecule has 1 fully saturated rings. The highest BCUT2D eigenvalue weighted by atomic mass is 16.2. The van der Waals surface area contributed by atoms with Gasteiger partial charge in [0.25, 0.3) is 0 Å². The number of benzene rings is 2. The highest BCUT2D eigenvalue weighted by Crippen LogP contribution is 2.33. The Labute approximate surface area is 156 Å². The van der Waals surface area contributed by atoms with Crippen LogP contribution in [0.5, 0.6) is 0 Å². The molecule has 0 aliphatic carbocycles. The van der Waals surface area contributed by atoms with Crippen LogP contribution in [0.4, 0.5) is 5.69 Å². The van der Waals surface area contributed by atoms with Crippen LogP contribution in [0.2, 0.25) is 0 Å². The van der Waals surface area contributed by atoms with Gasteiger partial charge in [-0.25, -0.2) is 0 Å². The molecule has 26 heavy (non-hydrogen) atoms. The first kappa shape index (κ1) is 18.5. The molecule has 2 aromatic rings. The summed E-state index contributed by atoms with van der Waals surface area (Å²) in [5.74, 6) is 0.180. The van der Waals surface area contributed by atoms with Crippen molar-refractivity contribution in [2.75, 3.05) is 32.1 Å². The van der Waals surface area contributed by atoms with Crippen LogP contribution in [0.25, 0.3) is 0 Å². The molecule has 1 saturated heterocycles. The van der Waals surface area contributed by atoms with Crippen LogP contribution in [0.15, 0.2) is 54.6 Å². The van der Waals surface area contributed by atoms with E-state index >= 15 is 0 Å². The van der Waals surface area contributed by atoms with Crippen molar-refractivity contribution in [2.24, 2.45) is 5.41 Å². The van der Waals surface area contributed by atoms with Crippen LogP contribution in [0, 0.1) is 5.41 Å². The fraction of sp³-hybridized carbons (Fsp3) is 0.409. The molecule has 1 heterocycles. The van der Waals surface area contributed by atoms with Gasteiger partial charge in [-0.1, -0.05) is 42.5 Å². The molecule has 0 aromatic heterocycles. The maximum Gasteiger partial charge on any atom is 0.226 e. The van der Waals surface area contributed by atoms with Crippen molar-refractivity contribution in [1.82, 2.24) is 10.6 Å². The Bertz CT molecular complexity index is 704. The first-order chi connectivity index (χ1) is 12.6. The summed E-state index contributed by atoms with van der Waals surface area (Å²) in [6.07, 6.45) is 2.57. The first-order valence-corrected chi connectivity index (χ1v) is 9.38. The van der Waals surface area contributed by atoms with Crippen molar-refractivity contribution in [3.05, 3.63) is 65.7 Å². The third kappa shape index (κ3) is 4.44. The Kier molecular flexibility index (Phi) is 5.94. The molecule has 0 saturated carbocycles. The highest BCUT2D eigenvalue weighted by molar-refractivity contribution is 5.83. The third-order valence-corrected chi connectivity index (χ3v) is 5.33. The minimum Gasteiger partial charge on any atom is -0.378 e. The topological polar surface area (TPSA) is 44.4 Å². The zero-order valence-corrected chi connectivity index (χ0v) is 15.8. The summed E-state index contributed by atoms with van der Waals surface area (Å²) >= 11 is 0. The van der Waals surface area contributed by atoms with E-state index < -0.39 is 0 Å². The lowest BCUT2D eigenvalue weighted by atomic mass is 9.73. The van der Waals surface area contributed by atoms with E-state index in [1.807, 2.05) is 32.3 Å². The number of hydrogen-bond acceptors (Lipinski definition) is 3. The van der Waals surface area contributed by atoms with Crippen molar-refractivity contribution in [3.63, 3.8) is 0 Å². The number of carbonyl (C=O) groups is 1. The summed E-state index contributed by atoms with van der Waals surface area (Å²) in [5, 5.41) is 6.58. The van der Waals surface area contributed by atoms with Crippen LogP contribution < -0.4 is 15.5 Å². The SMILES string of the molecule is CN(C)c1ccc(CNC(=O)C2(Cc3ccccc3)CCNCC2)cc1. The lowest BCUT2D eigenvalue weighted by molar-refractivity contribution is -0.132. The van der Waals surface area contributed by atoms with Crippen molar-refractivity contribution in [1.29, 1.82) is 0 Å². The number of nitrogens with zero attached hydrogens (tertiary/aromatic N) is 1. The monoisotopic (exact) mass is 351 g/mol. The molecule has 2 N–H and O–H groups in total. The van der Waals surface area contributed by atoms with Crippen LogP contribution >= 0.6 is 0 Å². The van der Waals surface area contributed by atoms with Gasteiger partial charge in [0.1, 0.15) is 0 Å². The summed E-state index contributed by atoms with van der Waals surface area (Å²) < 4.78 is 0. The molecular weight excluding hydrogens is 322 g/mol. The summed E-state index contributed by atoms with van der Waals surface area (Å²) in [6, 6.07) is 18.7. The Morgan fingerprint density at radius 3 is 2.27 bits per heavy atom. The van der Waals surface area contributed by atoms with Gasteiger partial charge in [0.05, 0.1) is 5.41 Å². The molecule has 0 radical (unpaired) electrons. The third-order valence-electron chi connectivity index (χ3n) is 5.33. The largest absolute Gasteiger partial charge is 0.378 e. The van der Waals surface area contributed by atoms with Gasteiger partial charge in [-0.05, 0) is 55.6 Å². The van der Waals surface area contributed by atoms with Gasteiger partial charge in [-0.3, -0.25) is 4.79 Å². The molecule has 0 atom stereocenters. The van der Waals surface area contributed by atoms with Gasteiger partial charge in [0.2, 0.25) is 5.91 Å². The number of carbonyl (C=O) groups excluding carboxylic acids is 1. The summed E-state index contributed by atoms with van der Waals surface area (Å²) in [5.41, 5.74) is 3.22. The molecule has 0 spiro atoms. The van der Waals surface area contributed by atoms with Gasteiger partial charge >= 0.3 is 0 Å². The second kappa shape index (κ2) is 8.37. The summed E-state index contributed by atoms with van der Waals surface area (Å²) in [6.45, 7) is 2.38. The van der Waals surface area contributed by atoms with Gasteiger partial charge < -0.3 is 15.5 Å². The van der Waals surface area contributed by atoms with Crippen molar-refractivity contribution in [3.8, 4) is 0 Å². The van der Waals surface area contributed by atoms with Gasteiger partial charge in [0, 0.05) is 26.3 Å². The smallest absolute Gasteiger partial charge is 0.226 e. The van der Waals surface area contributed by atoms with Gasteiger partial charge in [-0.15, -0.1) is 0 Å². The number of nitrogens with one attached hydrogen (secondary N) is 2. The van der Waals surface area contributed by atoms with E-state index in [0.29, 0.717) is 6.54 Å². The van der Waals surface area contributed by atoms with Crippen molar-refractivity contribution >= 4 is 11.6 Å². The van der Waals surface area contributed by atoms with Crippen LogP contribution in [0.1, 0.15) is 24.0 Å². The average molecular weight is 351 g/mol. The number of amides is 1. The minimum absolute atomic E-state index is 0.180. The van der Waals surface area contributed by atoms with E-state index in [-0.39, 0.29) is 11.3 Å². The summed E-state index contributed by atoms with van der Waals surface area (Å²) in [7, 11) is 4.06. The maximum atomic E-state index is 13.1. The Morgan fingerprint density at radius 2 is 1.65 bits per heavy atom. The Balaban J connectivity index is 1.67. The van der Waals surface area contributed by atoms with Crippen LogP contribution in [0.3, 0.4) is 0 Å². The molecule has 0 unspecified atom stereocenters. The van der Waals surface area contributed by atoms with Gasteiger partial charge in [0.15, 0.2) is 0 Å². The van der Waals surface area contributed by atoms with E-state index in [0.717, 1.165) is 37.9 Å². The zero-order chi connectivity index (χ0) is 18.4. The van der Waals surface area contributed by atoms with Crippen LogP contribution in [-0.4, -0.2) is 33.1 Å². The zero-order valence-electron chi connectivity index (χ0n) is 15.8. The Hall–Kier alpha value is -2.33. The molecule has 1 aliphatic heterocycles. The second-order valence-corrected chi connectivity index (χ2v) is 7.44. The van der Waals surface area contributed by atoms with E-state index in [4.69, 9.17) is 0 Å². The van der Waals surface area contributed by atoms with E-state index in [1.54, 1.807) is 0 Å². The normalized spacial score (nSPS) is 16.1. The minimum atomic E-state index is -0.309. The van der Waals surface area contributed by atoms with Gasteiger partial charge in [-0.2, -0.15) is 0 Å². The van der Waals surface area contributed by atoms with Crippen molar-refractivity contribution < 1.29 is 4.79 Å². The van der Waals surface area contributed by atoms with E-state index in [9.17, 15) is 4.79 Å². The number of hydrogen-bond donors (Lipinski definition) is 2. The molecule has 1 amide bonds. The fourth-order valence-electron chi connectivity index (χ4n) is 3.66. The number of piperidine rings is 1. The predicted octanol–water partition coefficient (Wildman–Crippen LogP) is 2.98. The maximum absolute atomic E-state index is 13.1. The highest BCUT2D eigenvalue weighted by Gasteiger charge is 2.39. The molecule has 3 rings (SSSR count). The van der Waals surface area contributed by atoms with E-state index in [2.05, 4.69) is 51.9 Å². The van der Waals surface area contributed by atoms with Crippen molar-refractivity contribution in [2.45, 2.75) is 25.8 Å². The molecule has 1 aliphatic rings. The number of anilines is 1. The standard InChI is InChI=1S/C22H29N3O/c1-25(2)20-10-8-19(9-11-20)17-24-21(26)22(12-14-23-15-13-22)16-18-6-4-3-5-7-18/h3-11,23H,12-17H2,1-2H3,(H,24,26). The van der Waals surface area contributed by atoms with Crippen LogP contribution in [-0.2, 0) is 17.8 Å². The Morgan fingerprint density at radius 1 is 1.00 bits per heavy atom.